The van der Waals surface area contributed by atoms with Crippen molar-refractivity contribution in [2.24, 2.45) is 0 Å². The number of ether oxygens (including phenoxy) is 2. The van der Waals surface area contributed by atoms with Gasteiger partial charge in [0.2, 0.25) is 0 Å². The lowest BCUT2D eigenvalue weighted by atomic mass is 10.2. The van der Waals surface area contributed by atoms with Gasteiger partial charge in [0.1, 0.15) is 5.75 Å². The first-order valence-electron chi connectivity index (χ1n) is 7.26. The SMILES string of the molecule is COc1ccccc1NC(=O)[C@@H](C)OC(=O)CCc1cccs1. The normalized spacial score (nSPS) is 11.6. The summed E-state index contributed by atoms with van der Waals surface area (Å²) >= 11 is 1.60. The van der Waals surface area contributed by atoms with E-state index in [1.807, 2.05) is 23.6 Å². The minimum absolute atomic E-state index is 0.257. The molecule has 23 heavy (non-hydrogen) atoms. The molecule has 1 heterocycles. The van der Waals surface area contributed by atoms with Gasteiger partial charge in [0.05, 0.1) is 19.2 Å². The van der Waals surface area contributed by atoms with E-state index in [9.17, 15) is 9.59 Å². The Kier molecular flexibility index (Phi) is 6.17. The molecule has 6 heteroatoms. The van der Waals surface area contributed by atoms with Crippen LogP contribution in [0.15, 0.2) is 41.8 Å². The van der Waals surface area contributed by atoms with Crippen molar-refractivity contribution in [3.8, 4) is 5.75 Å². The van der Waals surface area contributed by atoms with Gasteiger partial charge in [0, 0.05) is 4.88 Å². The topological polar surface area (TPSA) is 64.6 Å². The average molecular weight is 333 g/mol. The van der Waals surface area contributed by atoms with Crippen molar-refractivity contribution in [3.63, 3.8) is 0 Å². The minimum atomic E-state index is -0.865. The molecule has 1 N–H and O–H groups in total. The largest absolute Gasteiger partial charge is 0.495 e. The van der Waals surface area contributed by atoms with Crippen LogP contribution < -0.4 is 10.1 Å². The number of carbonyl (C=O) groups is 2. The van der Waals surface area contributed by atoms with Gasteiger partial charge in [-0.2, -0.15) is 0 Å². The summed E-state index contributed by atoms with van der Waals surface area (Å²) in [6.07, 6.45) is 0.0141. The first-order chi connectivity index (χ1) is 11.1. The van der Waals surface area contributed by atoms with Gasteiger partial charge in [-0.05, 0) is 36.9 Å². The van der Waals surface area contributed by atoms with E-state index in [1.165, 1.54) is 7.11 Å². The second-order valence-corrected chi connectivity index (χ2v) is 5.93. The Hall–Kier alpha value is -2.34. The lowest BCUT2D eigenvalue weighted by molar-refractivity contribution is -0.153. The van der Waals surface area contributed by atoms with E-state index in [1.54, 1.807) is 36.5 Å². The van der Waals surface area contributed by atoms with Gasteiger partial charge in [-0.25, -0.2) is 0 Å². The summed E-state index contributed by atoms with van der Waals surface area (Å²) in [5.74, 6) is -0.225. The van der Waals surface area contributed by atoms with Crippen molar-refractivity contribution in [1.29, 1.82) is 0 Å². The first kappa shape index (κ1) is 17.0. The summed E-state index contributed by atoms with van der Waals surface area (Å²) in [5.41, 5.74) is 0.543. The van der Waals surface area contributed by atoms with Crippen LogP contribution in [-0.4, -0.2) is 25.1 Å². The molecule has 2 aromatic rings. The molecule has 1 aromatic heterocycles. The lowest BCUT2D eigenvalue weighted by Crippen LogP contribution is -2.30. The summed E-state index contributed by atoms with van der Waals surface area (Å²) in [6.45, 7) is 1.55. The molecule has 122 valence electrons. The number of anilines is 1. The molecule has 1 amide bonds. The van der Waals surface area contributed by atoms with Crippen molar-refractivity contribution in [1.82, 2.24) is 0 Å². The fourth-order valence-electron chi connectivity index (χ4n) is 1.97. The van der Waals surface area contributed by atoms with Gasteiger partial charge in [0.25, 0.3) is 5.91 Å². The standard InChI is InChI=1S/C17H19NO4S/c1-12(22-16(19)10-9-13-6-5-11-23-13)17(20)18-14-7-3-4-8-15(14)21-2/h3-8,11-12H,9-10H2,1-2H3,(H,18,20)/t12-/m1/s1. The van der Waals surface area contributed by atoms with Crippen LogP contribution in [0.2, 0.25) is 0 Å². The molecule has 5 nitrogen and oxygen atoms in total. The predicted molar refractivity (Wildman–Crippen MR) is 89.8 cm³/mol. The van der Waals surface area contributed by atoms with E-state index in [4.69, 9.17) is 9.47 Å². The summed E-state index contributed by atoms with van der Waals surface area (Å²) in [5, 5.41) is 4.66. The molecule has 0 aliphatic heterocycles. The van der Waals surface area contributed by atoms with Crippen LogP contribution >= 0.6 is 11.3 Å². The molecule has 0 unspecified atom stereocenters. The molecule has 2 rings (SSSR count). The number of nitrogens with one attached hydrogen (secondary N) is 1. The molecule has 0 bridgehead atoms. The lowest BCUT2D eigenvalue weighted by Gasteiger charge is -2.15. The van der Waals surface area contributed by atoms with E-state index in [2.05, 4.69) is 5.32 Å². The molecule has 1 aromatic carbocycles. The zero-order valence-electron chi connectivity index (χ0n) is 13.1. The van der Waals surface area contributed by atoms with Crippen LogP contribution in [0.5, 0.6) is 5.75 Å². The molecule has 0 radical (unpaired) electrons. The van der Waals surface area contributed by atoms with Crippen molar-refractivity contribution in [2.75, 3.05) is 12.4 Å². The van der Waals surface area contributed by atoms with Crippen molar-refractivity contribution in [3.05, 3.63) is 46.7 Å². The van der Waals surface area contributed by atoms with Crippen molar-refractivity contribution < 1.29 is 19.1 Å². The third-order valence-electron chi connectivity index (χ3n) is 3.20. The summed E-state index contributed by atoms with van der Waals surface area (Å²) in [6, 6.07) is 11.0. The Bertz CT molecular complexity index is 654. The summed E-state index contributed by atoms with van der Waals surface area (Å²) in [4.78, 5) is 25.0. The van der Waals surface area contributed by atoms with Crippen LogP contribution in [0.1, 0.15) is 18.2 Å². The van der Waals surface area contributed by atoms with E-state index < -0.39 is 6.10 Å². The van der Waals surface area contributed by atoms with Crippen LogP contribution in [0.25, 0.3) is 0 Å². The molecule has 0 fully saturated rings. The summed E-state index contributed by atoms with van der Waals surface area (Å²) < 4.78 is 10.3. The fraction of sp³-hybridized carbons (Fsp3) is 0.294. The van der Waals surface area contributed by atoms with Crippen molar-refractivity contribution >= 4 is 28.9 Å². The highest BCUT2D eigenvalue weighted by Gasteiger charge is 2.19. The van der Waals surface area contributed by atoms with Gasteiger partial charge in [-0.3, -0.25) is 9.59 Å². The quantitative estimate of drug-likeness (QED) is 0.790. The molecule has 0 aliphatic rings. The number of hydrogen-bond donors (Lipinski definition) is 1. The predicted octanol–water partition coefficient (Wildman–Crippen LogP) is 3.26. The van der Waals surface area contributed by atoms with Crippen LogP contribution in [0, 0.1) is 0 Å². The number of carbonyl (C=O) groups excluding carboxylic acids is 2. The third kappa shape index (κ3) is 5.10. The third-order valence-corrected chi connectivity index (χ3v) is 4.13. The number of thiophene rings is 1. The Morgan fingerprint density at radius 1 is 1.22 bits per heavy atom. The second-order valence-electron chi connectivity index (χ2n) is 4.90. The highest BCUT2D eigenvalue weighted by molar-refractivity contribution is 7.09. The number of esters is 1. The van der Waals surface area contributed by atoms with Gasteiger partial charge in [-0.15, -0.1) is 11.3 Å². The van der Waals surface area contributed by atoms with E-state index >= 15 is 0 Å². The molecule has 0 saturated heterocycles. The first-order valence-corrected chi connectivity index (χ1v) is 8.14. The van der Waals surface area contributed by atoms with E-state index in [-0.39, 0.29) is 18.3 Å². The number of para-hydroxylation sites is 2. The van der Waals surface area contributed by atoms with Crippen LogP contribution in [0.3, 0.4) is 0 Å². The maximum Gasteiger partial charge on any atom is 0.306 e. The number of benzene rings is 1. The average Bonchev–Trinajstić information content (AvgIpc) is 3.06. The van der Waals surface area contributed by atoms with Crippen LogP contribution in [0.4, 0.5) is 5.69 Å². The molecular formula is C17H19NO4S. The number of rotatable bonds is 7. The van der Waals surface area contributed by atoms with Gasteiger partial charge in [0.15, 0.2) is 6.10 Å². The maximum absolute atomic E-state index is 12.1. The zero-order chi connectivity index (χ0) is 16.7. The minimum Gasteiger partial charge on any atom is -0.495 e. The van der Waals surface area contributed by atoms with Crippen LogP contribution in [-0.2, 0) is 20.7 Å². The Balaban J connectivity index is 1.83. The van der Waals surface area contributed by atoms with Gasteiger partial charge >= 0.3 is 5.97 Å². The Labute approximate surface area is 139 Å². The maximum atomic E-state index is 12.1. The summed E-state index contributed by atoms with van der Waals surface area (Å²) in [7, 11) is 1.53. The van der Waals surface area contributed by atoms with Crippen molar-refractivity contribution in [2.45, 2.75) is 25.9 Å². The molecule has 0 saturated carbocycles. The number of hydrogen-bond acceptors (Lipinski definition) is 5. The second kappa shape index (κ2) is 8.33. The fourth-order valence-corrected chi connectivity index (χ4v) is 2.68. The molecule has 0 spiro atoms. The van der Waals surface area contributed by atoms with Gasteiger partial charge < -0.3 is 14.8 Å². The molecular weight excluding hydrogens is 314 g/mol. The smallest absolute Gasteiger partial charge is 0.306 e. The number of methoxy groups -OCH3 is 1. The highest BCUT2D eigenvalue weighted by Crippen LogP contribution is 2.23. The van der Waals surface area contributed by atoms with E-state index in [0.29, 0.717) is 17.9 Å². The number of aryl methyl sites for hydroxylation is 1. The zero-order valence-corrected chi connectivity index (χ0v) is 13.9. The highest BCUT2D eigenvalue weighted by atomic mass is 32.1. The monoisotopic (exact) mass is 333 g/mol. The Morgan fingerprint density at radius 2 is 2.00 bits per heavy atom. The van der Waals surface area contributed by atoms with Gasteiger partial charge in [-0.1, -0.05) is 18.2 Å². The molecule has 0 aliphatic carbocycles. The van der Waals surface area contributed by atoms with E-state index in [0.717, 1.165) is 4.88 Å². The molecule has 1 atom stereocenters. The Morgan fingerprint density at radius 3 is 2.70 bits per heavy atom. The number of amides is 1.